The fourth-order valence-electron chi connectivity index (χ4n) is 3.65. The second-order valence-electron chi connectivity index (χ2n) is 6.84. The van der Waals surface area contributed by atoms with Gasteiger partial charge in [0.15, 0.2) is 5.13 Å². The van der Waals surface area contributed by atoms with Gasteiger partial charge in [0.25, 0.3) is 0 Å². The van der Waals surface area contributed by atoms with E-state index in [1.54, 1.807) is 23.6 Å². The zero-order valence-corrected chi connectivity index (χ0v) is 16.6. The highest BCUT2D eigenvalue weighted by atomic mass is 32.1. The summed E-state index contributed by atoms with van der Waals surface area (Å²) in [6.07, 6.45) is 4.87. The molecule has 1 aromatic carbocycles. The molecule has 29 heavy (non-hydrogen) atoms. The summed E-state index contributed by atoms with van der Waals surface area (Å²) in [4.78, 5) is 10.1. The zero-order chi connectivity index (χ0) is 20.0. The van der Waals surface area contributed by atoms with Crippen molar-refractivity contribution in [3.05, 3.63) is 59.4 Å². The van der Waals surface area contributed by atoms with E-state index in [-0.39, 0.29) is 0 Å². The number of pyridine rings is 1. The zero-order valence-electron chi connectivity index (χ0n) is 15.8. The highest BCUT2D eigenvalue weighted by molar-refractivity contribution is 7.19. The van der Waals surface area contributed by atoms with E-state index in [0.717, 1.165) is 56.7 Å². The number of benzene rings is 1. The Morgan fingerprint density at radius 2 is 2.00 bits per heavy atom. The first kappa shape index (κ1) is 17.6. The van der Waals surface area contributed by atoms with E-state index in [1.165, 1.54) is 11.8 Å². The predicted octanol–water partition coefficient (Wildman–Crippen LogP) is 3.78. The van der Waals surface area contributed by atoms with Crippen LogP contribution in [0.1, 0.15) is 16.8 Å². The number of hydrogen-bond acceptors (Lipinski definition) is 7. The van der Waals surface area contributed by atoms with Crippen LogP contribution >= 0.6 is 11.3 Å². The van der Waals surface area contributed by atoms with Gasteiger partial charge in [0.05, 0.1) is 27.6 Å². The number of fused-ring (bicyclic) bond motifs is 3. The van der Waals surface area contributed by atoms with E-state index in [1.807, 2.05) is 42.1 Å². The Kier molecular flexibility index (Phi) is 4.13. The van der Waals surface area contributed by atoms with Gasteiger partial charge < -0.3 is 16.5 Å². The number of nitrogen functional groups attached to an aromatic ring is 1. The molecule has 8 heteroatoms. The van der Waals surface area contributed by atoms with Crippen molar-refractivity contribution in [3.63, 3.8) is 0 Å². The molecule has 5 rings (SSSR count). The van der Waals surface area contributed by atoms with E-state index < -0.39 is 0 Å². The van der Waals surface area contributed by atoms with Crippen molar-refractivity contribution in [2.75, 3.05) is 18.1 Å². The van der Waals surface area contributed by atoms with Crippen molar-refractivity contribution >= 4 is 28.5 Å². The molecule has 1 aliphatic rings. The number of rotatable bonds is 4. The van der Waals surface area contributed by atoms with Crippen LogP contribution in [-0.4, -0.2) is 33.0 Å². The number of thiazole rings is 1. The summed E-state index contributed by atoms with van der Waals surface area (Å²) in [6.45, 7) is 0. The first-order chi connectivity index (χ1) is 14.2. The second-order valence-corrected chi connectivity index (χ2v) is 7.84. The number of nitrogens with two attached hydrogens (primary N) is 1. The summed E-state index contributed by atoms with van der Waals surface area (Å²) in [7, 11) is 1.89. The number of nitrogens with zero attached hydrogens (tertiary/aromatic N) is 4. The van der Waals surface area contributed by atoms with Crippen molar-refractivity contribution in [3.8, 4) is 27.5 Å². The lowest BCUT2D eigenvalue weighted by Crippen LogP contribution is -2.06. The summed E-state index contributed by atoms with van der Waals surface area (Å²) >= 11 is 1.65. The van der Waals surface area contributed by atoms with Crippen LogP contribution in [0.15, 0.2) is 42.6 Å². The van der Waals surface area contributed by atoms with Crippen LogP contribution in [-0.2, 0) is 12.8 Å². The van der Waals surface area contributed by atoms with Gasteiger partial charge >= 0.3 is 0 Å². The van der Waals surface area contributed by atoms with Crippen molar-refractivity contribution in [2.24, 2.45) is 0 Å². The topological polar surface area (TPSA) is 106 Å². The molecule has 0 radical (unpaired) electrons. The van der Waals surface area contributed by atoms with E-state index >= 15 is 0 Å². The van der Waals surface area contributed by atoms with E-state index in [4.69, 9.17) is 21.2 Å². The molecule has 0 amide bonds. The molecular formula is C21H19N7S. The third kappa shape index (κ3) is 2.89. The van der Waals surface area contributed by atoms with Gasteiger partial charge in [-0.2, -0.15) is 5.10 Å². The Morgan fingerprint density at radius 3 is 2.69 bits per heavy atom. The Hall–Kier alpha value is -3.52. The van der Waals surface area contributed by atoms with Crippen molar-refractivity contribution in [1.82, 2.24) is 19.7 Å². The Bertz CT molecular complexity index is 1200. The second kappa shape index (κ2) is 6.82. The molecule has 0 saturated heterocycles. The predicted molar refractivity (Wildman–Crippen MR) is 117 cm³/mol. The van der Waals surface area contributed by atoms with Gasteiger partial charge in [-0.15, -0.1) is 0 Å². The third-order valence-corrected chi connectivity index (χ3v) is 6.21. The van der Waals surface area contributed by atoms with Crippen molar-refractivity contribution < 1.29 is 0 Å². The third-order valence-electron chi connectivity index (χ3n) is 5.09. The summed E-state index contributed by atoms with van der Waals surface area (Å²) in [6, 6.07) is 11.6. The molecule has 0 unspecified atom stereocenters. The van der Waals surface area contributed by atoms with Gasteiger partial charge in [-0.25, -0.2) is 14.6 Å². The average molecular weight is 401 g/mol. The first-order valence-corrected chi connectivity index (χ1v) is 10.1. The molecule has 0 fully saturated rings. The minimum atomic E-state index is 0.493. The molecule has 0 spiro atoms. The highest BCUT2D eigenvalue weighted by Crippen LogP contribution is 2.43. The molecule has 0 bridgehead atoms. The Labute approximate surface area is 171 Å². The van der Waals surface area contributed by atoms with Crippen LogP contribution < -0.4 is 11.1 Å². The lowest BCUT2D eigenvalue weighted by Gasteiger charge is -2.14. The number of anilines is 2. The molecule has 7 nitrogen and oxygen atoms in total. The van der Waals surface area contributed by atoms with Crippen LogP contribution in [0.5, 0.6) is 0 Å². The van der Waals surface area contributed by atoms with E-state index in [2.05, 4.69) is 10.3 Å². The quantitative estimate of drug-likeness (QED) is 0.451. The molecule has 0 aliphatic heterocycles. The largest absolute Gasteiger partial charge is 0.384 e. The summed E-state index contributed by atoms with van der Waals surface area (Å²) in [5.74, 6) is 0.493. The van der Waals surface area contributed by atoms with Crippen molar-refractivity contribution in [1.29, 1.82) is 5.41 Å². The summed E-state index contributed by atoms with van der Waals surface area (Å²) in [5.41, 5.74) is 12.8. The van der Waals surface area contributed by atoms with Gasteiger partial charge in [-0.05, 0) is 42.7 Å². The fraction of sp³-hybridized carbons (Fsp3) is 0.143. The Balaban J connectivity index is 1.75. The summed E-state index contributed by atoms with van der Waals surface area (Å²) in [5, 5.41) is 16.5. The molecular weight excluding hydrogens is 382 g/mol. The van der Waals surface area contributed by atoms with Crippen molar-refractivity contribution in [2.45, 2.75) is 12.8 Å². The van der Waals surface area contributed by atoms with Crippen LogP contribution in [0.3, 0.4) is 0 Å². The van der Waals surface area contributed by atoms with E-state index in [9.17, 15) is 0 Å². The molecule has 3 aromatic heterocycles. The smallest absolute Gasteiger partial charge is 0.183 e. The lowest BCUT2D eigenvalue weighted by molar-refractivity contribution is 0.872. The molecule has 4 N–H and O–H groups in total. The number of nitrogens with one attached hydrogen (secondary N) is 2. The molecule has 1 aliphatic carbocycles. The number of aryl methyl sites for hydroxylation is 1. The Morgan fingerprint density at radius 1 is 1.17 bits per heavy atom. The first-order valence-electron chi connectivity index (χ1n) is 9.30. The van der Waals surface area contributed by atoms with Gasteiger partial charge in [0, 0.05) is 30.6 Å². The lowest BCUT2D eigenvalue weighted by atomic mass is 9.95. The van der Waals surface area contributed by atoms with Gasteiger partial charge in [-0.1, -0.05) is 23.5 Å². The number of aromatic nitrogens is 4. The maximum absolute atomic E-state index is 7.45. The standard InChI is InChI=1S/C21H19N7S/c1-24-21-26-16-8-7-15-18(13-4-9-17(23)25-11-13)27-28(19(15)20(16)29-21)14-5-2-12(10-22)3-6-14/h2-6,9-11,22H,7-8H2,1H3,(H2,23,25)(H,24,26). The van der Waals surface area contributed by atoms with Crippen LogP contribution in [0, 0.1) is 5.41 Å². The average Bonchev–Trinajstić information content (AvgIpc) is 3.35. The summed E-state index contributed by atoms with van der Waals surface area (Å²) < 4.78 is 1.99. The van der Waals surface area contributed by atoms with Crippen LogP contribution in [0.25, 0.3) is 27.5 Å². The molecule has 3 heterocycles. The molecule has 144 valence electrons. The van der Waals surface area contributed by atoms with Crippen LogP contribution in [0.4, 0.5) is 10.9 Å². The normalized spacial score (nSPS) is 12.3. The monoisotopic (exact) mass is 401 g/mol. The molecule has 0 atom stereocenters. The number of hydrogen-bond donors (Lipinski definition) is 3. The minimum absolute atomic E-state index is 0.493. The van der Waals surface area contributed by atoms with Gasteiger partial charge in [0.1, 0.15) is 5.82 Å². The van der Waals surface area contributed by atoms with Gasteiger partial charge in [0.2, 0.25) is 0 Å². The van der Waals surface area contributed by atoms with Gasteiger partial charge in [-0.3, -0.25) is 0 Å². The molecule has 0 saturated carbocycles. The SMILES string of the molecule is CNc1nc2c(s1)-c1c(c(-c3ccc(N)nc3)nn1-c1ccc(C=N)cc1)CC2. The molecule has 4 aromatic rings. The maximum Gasteiger partial charge on any atom is 0.183 e. The van der Waals surface area contributed by atoms with Crippen LogP contribution in [0.2, 0.25) is 0 Å². The maximum atomic E-state index is 7.45. The minimum Gasteiger partial charge on any atom is -0.384 e. The van der Waals surface area contributed by atoms with E-state index in [0.29, 0.717) is 5.82 Å². The fourth-order valence-corrected chi connectivity index (χ4v) is 4.68. The highest BCUT2D eigenvalue weighted by Gasteiger charge is 2.29.